The molecule has 3 amide bonds. The number of nitrogens with zero attached hydrogens (tertiary/aromatic N) is 4. The lowest BCUT2D eigenvalue weighted by Crippen LogP contribution is -2.48. The fraction of sp³-hybridized carbons (Fsp3) is 0.357. The number of likely N-dealkylation sites (tertiary alicyclic amines) is 1. The maximum atomic E-state index is 14.6. The Morgan fingerprint density at radius 3 is 2.44 bits per heavy atom. The number of ether oxygens (including phenoxy) is 1. The number of nitrogens with one attached hydrogen (secondary N) is 2. The third-order valence-corrected chi connectivity index (χ3v) is 7.15. The number of carbonyl (C=O) groups is 3. The van der Waals surface area contributed by atoms with E-state index in [-0.39, 0.29) is 51.3 Å². The van der Waals surface area contributed by atoms with Gasteiger partial charge < -0.3 is 29.7 Å². The van der Waals surface area contributed by atoms with Crippen LogP contribution in [-0.2, 0) is 11.8 Å². The molecule has 41 heavy (non-hydrogen) atoms. The fourth-order valence-corrected chi connectivity index (χ4v) is 4.90. The molecule has 0 unspecified atom stereocenters. The third-order valence-electron chi connectivity index (χ3n) is 6.84. The van der Waals surface area contributed by atoms with Crippen LogP contribution in [0.4, 0.5) is 14.5 Å². The largest absolute Gasteiger partial charge is 0.494 e. The highest BCUT2D eigenvalue weighted by molar-refractivity contribution is 6.34. The molecule has 1 aliphatic heterocycles. The number of piperidine rings is 1. The smallest absolute Gasteiger partial charge is 0.291 e. The van der Waals surface area contributed by atoms with Gasteiger partial charge >= 0.3 is 0 Å². The van der Waals surface area contributed by atoms with Gasteiger partial charge in [0.1, 0.15) is 0 Å². The molecule has 4 rings (SSSR count). The molecule has 1 saturated heterocycles. The Bertz CT molecular complexity index is 1470. The molecule has 13 heteroatoms. The summed E-state index contributed by atoms with van der Waals surface area (Å²) in [5, 5.41) is 5.76. The van der Waals surface area contributed by atoms with Crippen LogP contribution in [0.15, 0.2) is 36.5 Å². The summed E-state index contributed by atoms with van der Waals surface area (Å²) in [7, 11) is 6.42. The molecule has 0 radical (unpaired) electrons. The van der Waals surface area contributed by atoms with Crippen molar-refractivity contribution in [2.75, 3.05) is 46.2 Å². The Morgan fingerprint density at radius 2 is 1.80 bits per heavy atom. The number of imidazole rings is 1. The summed E-state index contributed by atoms with van der Waals surface area (Å²) in [5.41, 5.74) is 0.663. The summed E-state index contributed by atoms with van der Waals surface area (Å²) in [6, 6.07) is 7.01. The van der Waals surface area contributed by atoms with Crippen LogP contribution < -0.4 is 15.4 Å². The van der Waals surface area contributed by atoms with Crippen LogP contribution in [0, 0.1) is 11.6 Å². The van der Waals surface area contributed by atoms with E-state index in [0.717, 1.165) is 0 Å². The second-order valence-corrected chi connectivity index (χ2v) is 10.4. The zero-order valence-corrected chi connectivity index (χ0v) is 23.9. The maximum absolute atomic E-state index is 14.6. The molecule has 2 N–H and O–H groups in total. The predicted octanol–water partition coefficient (Wildman–Crippen LogP) is 3.56. The van der Waals surface area contributed by atoms with E-state index in [9.17, 15) is 23.2 Å². The van der Waals surface area contributed by atoms with E-state index in [4.69, 9.17) is 16.3 Å². The van der Waals surface area contributed by atoms with Crippen LogP contribution in [0.1, 0.15) is 33.8 Å². The van der Waals surface area contributed by atoms with Gasteiger partial charge in [0.25, 0.3) is 11.8 Å². The summed E-state index contributed by atoms with van der Waals surface area (Å²) in [4.78, 5) is 45.7. The topological polar surface area (TPSA) is 109 Å². The van der Waals surface area contributed by atoms with Crippen LogP contribution in [0.3, 0.4) is 0 Å². The highest BCUT2D eigenvalue weighted by atomic mass is 35.5. The van der Waals surface area contributed by atoms with E-state index in [0.29, 0.717) is 38.2 Å². The first-order valence-electron chi connectivity index (χ1n) is 12.9. The minimum Gasteiger partial charge on any atom is -0.494 e. The third kappa shape index (κ3) is 6.66. The Balaban J connectivity index is 1.38. The number of methoxy groups -OCH3 is 1. The molecule has 0 bridgehead atoms. The molecular weight excluding hydrogens is 558 g/mol. The molecule has 0 aliphatic carbocycles. The number of halogens is 3. The minimum atomic E-state index is -1.14. The van der Waals surface area contributed by atoms with Crippen molar-refractivity contribution in [2.45, 2.75) is 18.9 Å². The number of amides is 3. The van der Waals surface area contributed by atoms with Crippen molar-refractivity contribution in [2.24, 2.45) is 7.05 Å². The van der Waals surface area contributed by atoms with Crippen molar-refractivity contribution in [3.63, 3.8) is 0 Å². The van der Waals surface area contributed by atoms with Crippen LogP contribution >= 0.6 is 11.6 Å². The molecule has 2 aromatic carbocycles. The molecular formula is C28H31ClF2N6O4. The second kappa shape index (κ2) is 12.6. The fourth-order valence-electron chi connectivity index (χ4n) is 4.63. The van der Waals surface area contributed by atoms with Crippen molar-refractivity contribution in [3.05, 3.63) is 64.6 Å². The first kappa shape index (κ1) is 29.9. The van der Waals surface area contributed by atoms with Gasteiger partial charge in [0.2, 0.25) is 11.7 Å². The number of hydrogen-bond acceptors (Lipinski definition) is 6. The van der Waals surface area contributed by atoms with Gasteiger partial charge in [-0.3, -0.25) is 14.4 Å². The number of rotatable bonds is 8. The number of aromatic nitrogens is 2. The van der Waals surface area contributed by atoms with Gasteiger partial charge in [0.15, 0.2) is 17.4 Å². The van der Waals surface area contributed by atoms with Gasteiger partial charge in [-0.05, 0) is 57.3 Å². The highest BCUT2D eigenvalue weighted by Gasteiger charge is 2.25. The number of benzene rings is 2. The normalized spacial score (nSPS) is 13.8. The van der Waals surface area contributed by atoms with E-state index in [1.54, 1.807) is 4.90 Å². The lowest BCUT2D eigenvalue weighted by atomic mass is 10.0. The average Bonchev–Trinajstić information content (AvgIpc) is 3.31. The van der Waals surface area contributed by atoms with Gasteiger partial charge in [-0.1, -0.05) is 11.6 Å². The quantitative estimate of drug-likeness (QED) is 0.417. The number of anilines is 1. The first-order chi connectivity index (χ1) is 19.5. The molecule has 1 aromatic heterocycles. The minimum absolute atomic E-state index is 0.0519. The second-order valence-electron chi connectivity index (χ2n) is 9.98. The van der Waals surface area contributed by atoms with E-state index >= 15 is 0 Å². The van der Waals surface area contributed by atoms with E-state index < -0.39 is 17.5 Å². The Kier molecular flexibility index (Phi) is 9.24. The highest BCUT2D eigenvalue weighted by Crippen LogP contribution is 2.30. The summed E-state index contributed by atoms with van der Waals surface area (Å²) in [5.74, 6) is -3.46. The summed E-state index contributed by atoms with van der Waals surface area (Å²) in [6.07, 6.45) is 2.53. The van der Waals surface area contributed by atoms with Gasteiger partial charge in [-0.15, -0.1) is 0 Å². The summed E-state index contributed by atoms with van der Waals surface area (Å²) < 4.78 is 34.9. The lowest BCUT2D eigenvalue weighted by Gasteiger charge is -2.33. The van der Waals surface area contributed by atoms with Gasteiger partial charge in [0, 0.05) is 37.4 Å². The van der Waals surface area contributed by atoms with Crippen molar-refractivity contribution < 1.29 is 27.9 Å². The Hall–Kier alpha value is -4.03. The number of hydrogen-bond donors (Lipinski definition) is 2. The van der Waals surface area contributed by atoms with Crippen LogP contribution in [0.2, 0.25) is 5.02 Å². The van der Waals surface area contributed by atoms with Crippen molar-refractivity contribution in [3.8, 4) is 17.0 Å². The molecule has 0 saturated carbocycles. The zero-order valence-electron chi connectivity index (χ0n) is 23.1. The summed E-state index contributed by atoms with van der Waals surface area (Å²) in [6.45, 7) is 1.47. The molecule has 2 heterocycles. The van der Waals surface area contributed by atoms with Crippen molar-refractivity contribution in [1.82, 2.24) is 24.7 Å². The van der Waals surface area contributed by atoms with Crippen molar-refractivity contribution in [1.29, 1.82) is 0 Å². The zero-order chi connectivity index (χ0) is 29.8. The number of carbonyl (C=O) groups excluding carboxylic acids is 3. The van der Waals surface area contributed by atoms with Crippen LogP contribution in [0.5, 0.6) is 5.75 Å². The number of likely N-dealkylation sites (N-methyl/N-ethyl adjacent to an activating group) is 1. The van der Waals surface area contributed by atoms with E-state index in [2.05, 4.69) is 15.6 Å². The van der Waals surface area contributed by atoms with Gasteiger partial charge in [0.05, 0.1) is 36.1 Å². The summed E-state index contributed by atoms with van der Waals surface area (Å²) >= 11 is 6.38. The standard InChI is InChI=1S/C28H31ClF2N6O4/c1-35(2)15-23(38)37-11-9-16(10-12-37)33-27(39)18-6-5-17(13-20(18)29)34-28(40)26-32-14-21(36(26)3)19-7-8-22(41-4)25(31)24(19)30/h5-8,13-14,16H,9-12,15H2,1-4H3,(H,33,39)(H,34,40). The monoisotopic (exact) mass is 588 g/mol. The van der Waals surface area contributed by atoms with Crippen LogP contribution in [-0.4, -0.2) is 84.0 Å². The molecule has 0 atom stereocenters. The SMILES string of the molecule is COc1ccc(-c2cnc(C(=O)Nc3ccc(C(=O)NC4CCN(C(=O)CN(C)C)CC4)c(Cl)c3)n2C)c(F)c1F. The Morgan fingerprint density at radius 1 is 1.10 bits per heavy atom. The molecule has 3 aromatic rings. The lowest BCUT2D eigenvalue weighted by molar-refractivity contribution is -0.132. The average molecular weight is 589 g/mol. The van der Waals surface area contributed by atoms with Crippen molar-refractivity contribution >= 4 is 35.0 Å². The van der Waals surface area contributed by atoms with Gasteiger partial charge in [-0.25, -0.2) is 9.37 Å². The van der Waals surface area contributed by atoms with E-state index in [1.165, 1.54) is 55.3 Å². The maximum Gasteiger partial charge on any atom is 0.291 e. The first-order valence-corrected chi connectivity index (χ1v) is 13.3. The molecule has 218 valence electrons. The Labute approximate surface area is 241 Å². The van der Waals surface area contributed by atoms with Gasteiger partial charge in [-0.2, -0.15) is 4.39 Å². The molecule has 0 spiro atoms. The predicted molar refractivity (Wildman–Crippen MR) is 150 cm³/mol. The van der Waals surface area contributed by atoms with E-state index in [1.807, 2.05) is 19.0 Å². The molecule has 1 aliphatic rings. The van der Waals surface area contributed by atoms with Crippen LogP contribution in [0.25, 0.3) is 11.3 Å². The molecule has 1 fully saturated rings. The molecule has 10 nitrogen and oxygen atoms in total.